The highest BCUT2D eigenvalue weighted by Crippen LogP contribution is 2.14. The first kappa shape index (κ1) is 16.5. The molecule has 1 atom stereocenters. The van der Waals surface area contributed by atoms with Gasteiger partial charge >= 0.3 is 0 Å². The Hall–Kier alpha value is -2.35. The van der Waals surface area contributed by atoms with Gasteiger partial charge in [0.1, 0.15) is 11.9 Å². The number of rotatable bonds is 4. The zero-order chi connectivity index (χ0) is 16.9. The number of benzene rings is 1. The van der Waals surface area contributed by atoms with Crippen LogP contribution in [0.4, 0.5) is 10.1 Å². The van der Waals surface area contributed by atoms with Crippen LogP contribution in [0.25, 0.3) is 0 Å². The Kier molecular flexibility index (Phi) is 5.14. The topological polar surface area (TPSA) is 76.0 Å². The van der Waals surface area contributed by atoms with Crippen molar-refractivity contribution in [3.8, 4) is 0 Å². The molecule has 2 amide bonds. The Morgan fingerprint density at radius 3 is 3.12 bits per heavy atom. The number of carbonyl (C=O) groups excluding carboxylic acids is 2. The third-order valence-corrected chi connectivity index (χ3v) is 4.66. The van der Waals surface area contributed by atoms with Gasteiger partial charge in [-0.25, -0.2) is 4.39 Å². The molecule has 24 heavy (non-hydrogen) atoms. The average Bonchev–Trinajstić information content (AvgIpc) is 2.87. The van der Waals surface area contributed by atoms with Gasteiger partial charge in [-0.15, -0.1) is 0 Å². The number of thioether (sulfide) groups is 1. The van der Waals surface area contributed by atoms with E-state index in [1.54, 1.807) is 40.8 Å². The summed E-state index contributed by atoms with van der Waals surface area (Å²) in [5.74, 6) is 0.576. The zero-order valence-corrected chi connectivity index (χ0v) is 13.7. The van der Waals surface area contributed by atoms with Crippen LogP contribution in [-0.4, -0.2) is 39.1 Å². The summed E-state index contributed by atoms with van der Waals surface area (Å²) in [6, 6.07) is 5.92. The summed E-state index contributed by atoms with van der Waals surface area (Å²) in [6.45, 7) is 0.276. The van der Waals surface area contributed by atoms with Crippen LogP contribution < -0.4 is 10.6 Å². The predicted octanol–water partition coefficient (Wildman–Crippen LogP) is 1.63. The lowest BCUT2D eigenvalue weighted by molar-refractivity contribution is -0.125. The van der Waals surface area contributed by atoms with Gasteiger partial charge in [0.15, 0.2) is 0 Å². The van der Waals surface area contributed by atoms with Gasteiger partial charge in [0.2, 0.25) is 11.8 Å². The number of aromatic nitrogens is 2. The molecule has 2 N–H and O–H groups in total. The van der Waals surface area contributed by atoms with Crippen molar-refractivity contribution in [2.24, 2.45) is 0 Å². The van der Waals surface area contributed by atoms with Gasteiger partial charge in [0.25, 0.3) is 0 Å². The molecule has 1 aromatic heterocycles. The fourth-order valence-electron chi connectivity index (χ4n) is 2.36. The molecule has 126 valence electrons. The van der Waals surface area contributed by atoms with E-state index in [0.29, 0.717) is 23.4 Å². The first-order valence-corrected chi connectivity index (χ1v) is 8.71. The van der Waals surface area contributed by atoms with Crippen LogP contribution in [0.3, 0.4) is 0 Å². The van der Waals surface area contributed by atoms with Crippen LogP contribution in [0, 0.1) is 5.82 Å². The molecule has 1 aliphatic rings. The molecule has 0 radical (unpaired) electrons. The summed E-state index contributed by atoms with van der Waals surface area (Å²) >= 11 is 1.57. The molecule has 0 saturated carbocycles. The van der Waals surface area contributed by atoms with Crippen molar-refractivity contribution in [3.05, 3.63) is 48.0 Å². The Bertz CT molecular complexity index is 749. The number of nitrogens with zero attached hydrogens (tertiary/aromatic N) is 2. The van der Waals surface area contributed by atoms with E-state index in [1.165, 1.54) is 12.3 Å². The van der Waals surface area contributed by atoms with Crippen molar-refractivity contribution < 1.29 is 14.0 Å². The van der Waals surface area contributed by atoms with Gasteiger partial charge in [-0.2, -0.15) is 16.9 Å². The fourth-order valence-corrected chi connectivity index (χ4v) is 3.33. The molecular weight excluding hydrogens is 331 g/mol. The van der Waals surface area contributed by atoms with Gasteiger partial charge in [0, 0.05) is 29.7 Å². The van der Waals surface area contributed by atoms with E-state index in [2.05, 4.69) is 15.7 Å². The van der Waals surface area contributed by atoms with Crippen LogP contribution >= 0.6 is 11.8 Å². The summed E-state index contributed by atoms with van der Waals surface area (Å²) < 4.78 is 15.2. The Balaban J connectivity index is 1.62. The molecule has 1 aliphatic heterocycles. The maximum atomic E-state index is 13.7. The third kappa shape index (κ3) is 4.14. The molecule has 1 unspecified atom stereocenters. The largest absolute Gasteiger partial charge is 0.343 e. The number of hydrogen-bond acceptors (Lipinski definition) is 4. The second kappa shape index (κ2) is 7.48. The minimum absolute atomic E-state index is 0.115. The standard InChI is InChI=1S/C16H17FN4O2S/c17-13-4-2-1-3-11(13)8-21-9-12(7-18-21)19-16(23)14-10-24-6-5-15(22)20-14/h1-4,7,9,14H,5-6,8,10H2,(H,19,23)(H,20,22). The highest BCUT2D eigenvalue weighted by Gasteiger charge is 2.23. The van der Waals surface area contributed by atoms with Crippen molar-refractivity contribution in [2.45, 2.75) is 19.0 Å². The van der Waals surface area contributed by atoms with Crippen LogP contribution in [-0.2, 0) is 16.1 Å². The normalized spacial score (nSPS) is 17.9. The number of nitrogens with one attached hydrogen (secondary N) is 2. The Morgan fingerprint density at radius 1 is 1.46 bits per heavy atom. The second-order valence-corrected chi connectivity index (χ2v) is 6.60. The quantitative estimate of drug-likeness (QED) is 0.881. The maximum absolute atomic E-state index is 13.7. The van der Waals surface area contributed by atoms with Crippen molar-refractivity contribution in [1.82, 2.24) is 15.1 Å². The summed E-state index contributed by atoms with van der Waals surface area (Å²) in [5.41, 5.74) is 1.03. The SMILES string of the molecule is O=C1CCSCC(C(=O)Nc2cnn(Cc3ccccc3F)c2)N1. The van der Waals surface area contributed by atoms with E-state index in [1.807, 2.05) is 0 Å². The average molecular weight is 348 g/mol. The van der Waals surface area contributed by atoms with E-state index in [4.69, 9.17) is 0 Å². The molecule has 0 aliphatic carbocycles. The summed E-state index contributed by atoms with van der Waals surface area (Å²) in [6.07, 6.45) is 3.56. The lowest BCUT2D eigenvalue weighted by Crippen LogP contribution is -2.44. The van der Waals surface area contributed by atoms with Crippen LogP contribution in [0.2, 0.25) is 0 Å². The smallest absolute Gasteiger partial charge is 0.247 e. The van der Waals surface area contributed by atoms with E-state index in [0.717, 1.165) is 5.75 Å². The molecule has 0 spiro atoms. The Morgan fingerprint density at radius 2 is 2.29 bits per heavy atom. The molecule has 2 aromatic rings. The van der Waals surface area contributed by atoms with Crippen LogP contribution in [0.5, 0.6) is 0 Å². The maximum Gasteiger partial charge on any atom is 0.247 e. The van der Waals surface area contributed by atoms with Crippen molar-refractivity contribution in [1.29, 1.82) is 0 Å². The number of amides is 2. The Labute approximate surface area is 142 Å². The van der Waals surface area contributed by atoms with Gasteiger partial charge in [0.05, 0.1) is 18.4 Å². The van der Waals surface area contributed by atoms with Crippen molar-refractivity contribution in [2.75, 3.05) is 16.8 Å². The van der Waals surface area contributed by atoms with E-state index in [-0.39, 0.29) is 24.2 Å². The zero-order valence-electron chi connectivity index (χ0n) is 12.9. The highest BCUT2D eigenvalue weighted by atomic mass is 32.2. The lowest BCUT2D eigenvalue weighted by atomic mass is 10.2. The minimum atomic E-state index is -0.556. The molecule has 1 saturated heterocycles. The summed E-state index contributed by atoms with van der Waals surface area (Å²) in [5, 5.41) is 9.57. The molecule has 3 rings (SSSR count). The first-order valence-electron chi connectivity index (χ1n) is 7.55. The number of halogens is 1. The number of carbonyl (C=O) groups is 2. The number of anilines is 1. The predicted molar refractivity (Wildman–Crippen MR) is 90.2 cm³/mol. The minimum Gasteiger partial charge on any atom is -0.343 e. The van der Waals surface area contributed by atoms with Gasteiger partial charge in [-0.3, -0.25) is 14.3 Å². The summed E-state index contributed by atoms with van der Waals surface area (Å²) in [7, 11) is 0. The number of hydrogen-bond donors (Lipinski definition) is 2. The van der Waals surface area contributed by atoms with E-state index in [9.17, 15) is 14.0 Å². The van der Waals surface area contributed by atoms with E-state index < -0.39 is 6.04 Å². The highest BCUT2D eigenvalue weighted by molar-refractivity contribution is 7.99. The molecular formula is C16H17FN4O2S. The molecule has 0 bridgehead atoms. The van der Waals surface area contributed by atoms with E-state index >= 15 is 0 Å². The van der Waals surface area contributed by atoms with Crippen LogP contribution in [0.15, 0.2) is 36.7 Å². The monoisotopic (exact) mass is 348 g/mol. The molecule has 1 aromatic carbocycles. The van der Waals surface area contributed by atoms with Gasteiger partial charge in [-0.1, -0.05) is 18.2 Å². The van der Waals surface area contributed by atoms with Crippen molar-refractivity contribution >= 4 is 29.3 Å². The van der Waals surface area contributed by atoms with Gasteiger partial charge < -0.3 is 10.6 Å². The second-order valence-electron chi connectivity index (χ2n) is 5.45. The first-order chi connectivity index (χ1) is 11.6. The van der Waals surface area contributed by atoms with Gasteiger partial charge in [-0.05, 0) is 6.07 Å². The third-order valence-electron chi connectivity index (χ3n) is 3.60. The van der Waals surface area contributed by atoms with Crippen LogP contribution in [0.1, 0.15) is 12.0 Å². The summed E-state index contributed by atoms with van der Waals surface area (Å²) in [4.78, 5) is 23.8. The van der Waals surface area contributed by atoms with Crippen molar-refractivity contribution in [3.63, 3.8) is 0 Å². The molecule has 2 heterocycles. The lowest BCUT2D eigenvalue weighted by Gasteiger charge is -2.14. The fraction of sp³-hybridized carbons (Fsp3) is 0.312. The molecule has 6 nitrogen and oxygen atoms in total. The molecule has 8 heteroatoms. The molecule has 1 fully saturated rings.